The molecule has 1 aromatic heterocycles. The molecule has 1 fully saturated rings. The Hall–Kier alpha value is -0.710. The number of hydrogen-bond donors (Lipinski definition) is 1. The smallest absolute Gasteiger partial charge is 0.225 e. The predicted octanol–water partition coefficient (Wildman–Crippen LogP) is 1.68. The molecule has 0 unspecified atom stereocenters. The molecule has 0 aliphatic heterocycles. The van der Waals surface area contributed by atoms with Crippen molar-refractivity contribution in [2.24, 2.45) is 0 Å². The first kappa shape index (κ1) is 7.91. The summed E-state index contributed by atoms with van der Waals surface area (Å²) in [6.45, 7) is 0. The highest BCUT2D eigenvalue weighted by Gasteiger charge is 2.13. The van der Waals surface area contributed by atoms with E-state index in [0.29, 0.717) is 6.04 Å². The molecule has 0 amide bonds. The normalized spacial score (nSPS) is 19.3. The molecule has 1 heterocycles. The first-order valence-corrected chi connectivity index (χ1v) is 5.14. The van der Waals surface area contributed by atoms with Crippen LogP contribution in [0.2, 0.25) is 0 Å². The number of anilines is 1. The maximum absolute atomic E-state index is 3.86. The van der Waals surface area contributed by atoms with Crippen LogP contribution in [0.15, 0.2) is 0 Å². The van der Waals surface area contributed by atoms with Crippen LogP contribution in [0.5, 0.6) is 0 Å². The quantitative estimate of drug-likeness (QED) is 0.759. The first-order valence-electron chi connectivity index (χ1n) is 4.37. The van der Waals surface area contributed by atoms with E-state index in [0.717, 1.165) is 5.13 Å². The first-order chi connectivity index (χ1) is 5.95. The van der Waals surface area contributed by atoms with Crippen molar-refractivity contribution >= 4 is 16.7 Å². The summed E-state index contributed by atoms with van der Waals surface area (Å²) in [6.07, 6.45) is 6.58. The molecule has 0 bridgehead atoms. The lowest BCUT2D eigenvalue weighted by Crippen LogP contribution is -2.21. The van der Waals surface area contributed by atoms with Crippen LogP contribution in [0.3, 0.4) is 0 Å². The van der Waals surface area contributed by atoms with Gasteiger partial charge in [-0.05, 0) is 18.1 Å². The van der Waals surface area contributed by atoms with Crippen molar-refractivity contribution in [3.8, 4) is 0 Å². The largest absolute Gasteiger partial charge is 0.356 e. The Kier molecular flexibility index (Phi) is 2.51. The van der Waals surface area contributed by atoms with Crippen LogP contribution in [-0.2, 0) is 0 Å². The molecule has 1 N–H and O–H groups in total. The van der Waals surface area contributed by atoms with Crippen molar-refractivity contribution in [3.63, 3.8) is 0 Å². The van der Waals surface area contributed by atoms with E-state index in [1.807, 2.05) is 0 Å². The van der Waals surface area contributed by atoms with Crippen molar-refractivity contribution in [2.75, 3.05) is 5.32 Å². The van der Waals surface area contributed by atoms with Crippen LogP contribution in [0, 0.1) is 0 Å². The summed E-state index contributed by atoms with van der Waals surface area (Å²) < 4.78 is 3.71. The number of nitrogens with one attached hydrogen (secondary N) is 1. The minimum Gasteiger partial charge on any atom is -0.356 e. The van der Waals surface area contributed by atoms with Gasteiger partial charge in [0, 0.05) is 17.6 Å². The molecular weight excluding hydrogens is 172 g/mol. The Balaban J connectivity index is 1.86. The standard InChI is InChI=1S/C7H12N4S/c1-2-4-6(5-3-1)8-7-9-10-11-12-7/h6H,1-5H2,(H,8,9,11). The van der Waals surface area contributed by atoms with Crippen molar-refractivity contribution in [2.45, 2.75) is 38.1 Å². The third-order valence-electron chi connectivity index (χ3n) is 2.23. The Bertz CT molecular complexity index is 217. The molecule has 5 heteroatoms. The molecular formula is C7H12N4S. The fourth-order valence-corrected chi connectivity index (χ4v) is 2.05. The summed E-state index contributed by atoms with van der Waals surface area (Å²) in [4.78, 5) is 0. The SMILES string of the molecule is C1CCC(Nc2nnns2)CC1. The summed E-state index contributed by atoms with van der Waals surface area (Å²) in [7, 11) is 0. The summed E-state index contributed by atoms with van der Waals surface area (Å²) in [5, 5.41) is 11.6. The Morgan fingerprint density at radius 3 is 2.75 bits per heavy atom. The van der Waals surface area contributed by atoms with Crippen molar-refractivity contribution < 1.29 is 0 Å². The zero-order valence-electron chi connectivity index (χ0n) is 6.86. The van der Waals surface area contributed by atoms with Crippen LogP contribution in [-0.4, -0.2) is 20.8 Å². The van der Waals surface area contributed by atoms with Crippen LogP contribution < -0.4 is 5.32 Å². The highest BCUT2D eigenvalue weighted by Crippen LogP contribution is 2.21. The maximum Gasteiger partial charge on any atom is 0.225 e. The predicted molar refractivity (Wildman–Crippen MR) is 48.2 cm³/mol. The molecule has 66 valence electrons. The third-order valence-corrected chi connectivity index (χ3v) is 2.76. The molecule has 0 saturated heterocycles. The highest BCUT2D eigenvalue weighted by atomic mass is 32.1. The Morgan fingerprint density at radius 2 is 2.08 bits per heavy atom. The van der Waals surface area contributed by atoms with Gasteiger partial charge in [-0.3, -0.25) is 0 Å². The van der Waals surface area contributed by atoms with Crippen molar-refractivity contribution in [3.05, 3.63) is 0 Å². The van der Waals surface area contributed by atoms with E-state index in [1.54, 1.807) is 0 Å². The molecule has 0 atom stereocenters. The van der Waals surface area contributed by atoms with Crippen LogP contribution in [0.25, 0.3) is 0 Å². The average Bonchev–Trinajstić information content (AvgIpc) is 2.59. The van der Waals surface area contributed by atoms with Crippen LogP contribution >= 0.6 is 11.5 Å². The van der Waals surface area contributed by atoms with Gasteiger partial charge in [-0.1, -0.05) is 28.8 Å². The number of aromatic nitrogens is 3. The second kappa shape index (κ2) is 3.80. The van der Waals surface area contributed by atoms with Crippen LogP contribution in [0.1, 0.15) is 32.1 Å². The molecule has 0 radical (unpaired) electrons. The van der Waals surface area contributed by atoms with Gasteiger partial charge in [-0.2, -0.15) is 0 Å². The van der Waals surface area contributed by atoms with E-state index < -0.39 is 0 Å². The number of nitrogens with zero attached hydrogens (tertiary/aromatic N) is 3. The lowest BCUT2D eigenvalue weighted by atomic mass is 9.96. The van der Waals surface area contributed by atoms with Crippen molar-refractivity contribution in [1.29, 1.82) is 0 Å². The van der Waals surface area contributed by atoms with Gasteiger partial charge in [-0.15, -0.1) is 0 Å². The number of hydrogen-bond acceptors (Lipinski definition) is 5. The van der Waals surface area contributed by atoms with Crippen LogP contribution in [0.4, 0.5) is 5.13 Å². The molecule has 1 aliphatic carbocycles. The number of rotatable bonds is 2. The lowest BCUT2D eigenvalue weighted by Gasteiger charge is -2.21. The van der Waals surface area contributed by atoms with Gasteiger partial charge in [0.15, 0.2) is 0 Å². The molecule has 1 saturated carbocycles. The summed E-state index contributed by atoms with van der Waals surface area (Å²) in [5.74, 6) is 0. The van der Waals surface area contributed by atoms with E-state index in [9.17, 15) is 0 Å². The zero-order valence-corrected chi connectivity index (χ0v) is 7.68. The fourth-order valence-electron chi connectivity index (χ4n) is 1.61. The van der Waals surface area contributed by atoms with Gasteiger partial charge in [0.25, 0.3) is 0 Å². The van der Waals surface area contributed by atoms with E-state index in [1.165, 1.54) is 43.6 Å². The average molecular weight is 184 g/mol. The summed E-state index contributed by atoms with van der Waals surface area (Å²) in [5.41, 5.74) is 0. The van der Waals surface area contributed by atoms with Gasteiger partial charge >= 0.3 is 0 Å². The van der Waals surface area contributed by atoms with E-state index in [-0.39, 0.29) is 0 Å². The lowest BCUT2D eigenvalue weighted by molar-refractivity contribution is 0.462. The third kappa shape index (κ3) is 1.91. The molecule has 1 aromatic rings. The van der Waals surface area contributed by atoms with Gasteiger partial charge in [0.1, 0.15) is 0 Å². The second-order valence-electron chi connectivity index (χ2n) is 3.15. The van der Waals surface area contributed by atoms with E-state index in [4.69, 9.17) is 0 Å². The highest BCUT2D eigenvalue weighted by molar-refractivity contribution is 7.09. The zero-order chi connectivity index (χ0) is 8.23. The minimum atomic E-state index is 0.605. The molecule has 2 rings (SSSR count). The van der Waals surface area contributed by atoms with Crippen molar-refractivity contribution in [1.82, 2.24) is 14.8 Å². The van der Waals surface area contributed by atoms with E-state index in [2.05, 4.69) is 20.1 Å². The van der Waals surface area contributed by atoms with Gasteiger partial charge in [-0.25, -0.2) is 0 Å². The molecule has 0 spiro atoms. The molecule has 0 aromatic carbocycles. The molecule has 4 nitrogen and oxygen atoms in total. The fraction of sp³-hybridized carbons (Fsp3) is 0.857. The van der Waals surface area contributed by atoms with Gasteiger partial charge in [0.05, 0.1) is 0 Å². The van der Waals surface area contributed by atoms with Gasteiger partial charge in [0.2, 0.25) is 5.13 Å². The monoisotopic (exact) mass is 184 g/mol. The second-order valence-corrected chi connectivity index (χ2v) is 3.88. The Labute approximate surface area is 75.5 Å². The Morgan fingerprint density at radius 1 is 1.25 bits per heavy atom. The summed E-state index contributed by atoms with van der Waals surface area (Å²) >= 11 is 1.33. The molecule has 12 heavy (non-hydrogen) atoms. The molecule has 1 aliphatic rings. The van der Waals surface area contributed by atoms with Gasteiger partial charge < -0.3 is 5.32 Å². The summed E-state index contributed by atoms with van der Waals surface area (Å²) in [6, 6.07) is 0.605. The maximum atomic E-state index is 3.86. The topological polar surface area (TPSA) is 50.7 Å². The van der Waals surface area contributed by atoms with E-state index >= 15 is 0 Å². The minimum absolute atomic E-state index is 0.605.